The van der Waals surface area contributed by atoms with Crippen LogP contribution in [-0.4, -0.2) is 70.6 Å². The number of carbonyl (C=O) groups excluding carboxylic acids is 5. The van der Waals surface area contributed by atoms with Crippen LogP contribution in [0.15, 0.2) is 60.7 Å². The Kier molecular flexibility index (Phi) is 8.93. The maximum atomic E-state index is 13.7. The molecule has 11 heteroatoms. The molecule has 3 fully saturated rings. The minimum Gasteiger partial charge on any atom is -0.433 e. The zero-order chi connectivity index (χ0) is 28.8. The Morgan fingerprint density at radius 2 is 1.63 bits per heavy atom. The van der Waals surface area contributed by atoms with Crippen molar-refractivity contribution in [1.29, 1.82) is 0 Å². The molecule has 3 aliphatic heterocycles. The number of rotatable bonds is 9. The van der Waals surface area contributed by atoms with Crippen molar-refractivity contribution < 1.29 is 33.4 Å². The van der Waals surface area contributed by atoms with Gasteiger partial charge in [-0.15, -0.1) is 0 Å². The lowest BCUT2D eigenvalue weighted by atomic mass is 10.0. The van der Waals surface area contributed by atoms with E-state index < -0.39 is 42.2 Å². The van der Waals surface area contributed by atoms with Gasteiger partial charge >= 0.3 is 5.97 Å². The van der Waals surface area contributed by atoms with Crippen LogP contribution in [-0.2, 0) is 46.5 Å². The van der Waals surface area contributed by atoms with Crippen LogP contribution in [0, 0.1) is 0 Å². The van der Waals surface area contributed by atoms with E-state index in [0.29, 0.717) is 25.8 Å². The van der Waals surface area contributed by atoms with Gasteiger partial charge in [-0.1, -0.05) is 60.7 Å². The lowest BCUT2D eigenvalue weighted by Gasteiger charge is -2.43. The first kappa shape index (κ1) is 28.3. The van der Waals surface area contributed by atoms with Crippen LogP contribution in [0.25, 0.3) is 0 Å². The van der Waals surface area contributed by atoms with E-state index in [0.717, 1.165) is 11.1 Å². The van der Waals surface area contributed by atoms with Gasteiger partial charge in [-0.3, -0.25) is 29.0 Å². The minimum atomic E-state index is -0.982. The quantitative estimate of drug-likeness (QED) is 0.444. The number of carbonyl (C=O) groups is 5. The molecule has 2 N–H and O–H groups in total. The van der Waals surface area contributed by atoms with Crippen LogP contribution in [0.5, 0.6) is 0 Å². The average molecular weight is 563 g/mol. The molecule has 11 nitrogen and oxygen atoms in total. The summed E-state index contributed by atoms with van der Waals surface area (Å²) in [6.07, 6.45) is 0.719. The van der Waals surface area contributed by atoms with Crippen molar-refractivity contribution in [2.75, 3.05) is 6.54 Å². The van der Waals surface area contributed by atoms with Crippen molar-refractivity contribution in [2.45, 2.75) is 76.0 Å². The topological polar surface area (TPSA) is 134 Å². The number of fused-ring (bicyclic) bond motifs is 1. The summed E-state index contributed by atoms with van der Waals surface area (Å²) in [7, 11) is 0. The molecule has 41 heavy (non-hydrogen) atoms. The number of nitrogens with zero attached hydrogens (tertiary/aromatic N) is 2. The zero-order valence-electron chi connectivity index (χ0n) is 22.7. The summed E-state index contributed by atoms with van der Waals surface area (Å²) < 4.78 is 11.1. The van der Waals surface area contributed by atoms with E-state index in [1.807, 2.05) is 60.7 Å². The van der Waals surface area contributed by atoms with Crippen molar-refractivity contribution in [3.8, 4) is 0 Å². The highest BCUT2D eigenvalue weighted by molar-refractivity contribution is 5.95. The maximum Gasteiger partial charge on any atom is 0.310 e. The molecule has 0 radical (unpaired) electrons. The summed E-state index contributed by atoms with van der Waals surface area (Å²) in [6.45, 7) is 0.490. The number of benzene rings is 2. The first-order valence-electron chi connectivity index (χ1n) is 14.0. The fourth-order valence-corrected chi connectivity index (χ4v) is 5.41. The third-order valence-electron chi connectivity index (χ3n) is 7.53. The lowest BCUT2D eigenvalue weighted by Crippen LogP contribution is -2.64. The van der Waals surface area contributed by atoms with E-state index in [9.17, 15) is 24.0 Å². The van der Waals surface area contributed by atoms with E-state index in [4.69, 9.17) is 9.47 Å². The molecule has 0 spiro atoms. The third-order valence-corrected chi connectivity index (χ3v) is 7.53. The van der Waals surface area contributed by atoms with Gasteiger partial charge in [-0.25, -0.2) is 5.01 Å². The molecule has 4 amide bonds. The molecule has 0 aromatic heterocycles. The molecule has 2 aromatic carbocycles. The largest absolute Gasteiger partial charge is 0.433 e. The first-order valence-corrected chi connectivity index (χ1v) is 14.0. The first-order chi connectivity index (χ1) is 19.9. The van der Waals surface area contributed by atoms with Gasteiger partial charge in [0.15, 0.2) is 0 Å². The summed E-state index contributed by atoms with van der Waals surface area (Å²) in [5.41, 5.74) is 1.89. The number of hydrogen-bond acceptors (Lipinski definition) is 7. The molecule has 3 heterocycles. The second-order valence-electron chi connectivity index (χ2n) is 10.5. The highest BCUT2D eigenvalue weighted by atomic mass is 16.7. The van der Waals surface area contributed by atoms with Gasteiger partial charge in [0, 0.05) is 19.4 Å². The molecule has 4 atom stereocenters. The van der Waals surface area contributed by atoms with Crippen LogP contribution in [0.2, 0.25) is 0 Å². The molecule has 4 unspecified atom stereocenters. The van der Waals surface area contributed by atoms with E-state index >= 15 is 0 Å². The van der Waals surface area contributed by atoms with Crippen molar-refractivity contribution >= 4 is 29.6 Å². The van der Waals surface area contributed by atoms with Gasteiger partial charge in [-0.2, -0.15) is 0 Å². The Balaban J connectivity index is 1.24. The molecule has 3 saturated heterocycles. The molecule has 2 aromatic rings. The van der Waals surface area contributed by atoms with E-state index in [1.54, 1.807) is 0 Å². The number of esters is 1. The van der Waals surface area contributed by atoms with Crippen LogP contribution in [0.3, 0.4) is 0 Å². The fourth-order valence-electron chi connectivity index (χ4n) is 5.41. The predicted molar refractivity (Wildman–Crippen MR) is 145 cm³/mol. The molecule has 0 bridgehead atoms. The normalized spacial score (nSPS) is 24.3. The van der Waals surface area contributed by atoms with Gasteiger partial charge in [0.25, 0.3) is 5.91 Å². The lowest BCUT2D eigenvalue weighted by molar-refractivity contribution is -0.178. The van der Waals surface area contributed by atoms with Gasteiger partial charge in [0.1, 0.15) is 18.1 Å². The predicted octanol–water partition coefficient (Wildman–Crippen LogP) is 1.61. The number of aryl methyl sites for hydroxylation is 1. The van der Waals surface area contributed by atoms with Gasteiger partial charge < -0.3 is 20.1 Å². The number of hydrazine groups is 1. The van der Waals surface area contributed by atoms with Gasteiger partial charge in [-0.05, 0) is 36.8 Å². The molecular formula is C30H34N4O7. The summed E-state index contributed by atoms with van der Waals surface area (Å²) in [4.78, 5) is 65.0. The fraction of sp³-hybridized carbons (Fsp3) is 0.433. The van der Waals surface area contributed by atoms with E-state index in [2.05, 4.69) is 10.6 Å². The standard InChI is InChI=1S/C30H34N4O7/c35-25(15-13-20-8-3-1-4-9-20)31-22-14-16-26(36)33-17-7-12-24(34(33)29(22)39)28(38)32-23-18-27(37)41-30(23)40-19-21-10-5-2-6-11-21/h1-6,8-11,22-24,30H,7,12-19H2,(H,31,35)(H,32,38). The van der Waals surface area contributed by atoms with E-state index in [1.165, 1.54) is 10.0 Å². The molecule has 216 valence electrons. The number of hydrogen-bond donors (Lipinski definition) is 2. The molecule has 5 rings (SSSR count). The summed E-state index contributed by atoms with van der Waals surface area (Å²) >= 11 is 0. The second-order valence-corrected chi connectivity index (χ2v) is 10.5. The third kappa shape index (κ3) is 6.91. The number of nitrogens with one attached hydrogen (secondary N) is 2. The summed E-state index contributed by atoms with van der Waals surface area (Å²) in [5.74, 6) is -2.09. The smallest absolute Gasteiger partial charge is 0.310 e. The van der Waals surface area contributed by atoms with Crippen LogP contribution in [0.4, 0.5) is 0 Å². The van der Waals surface area contributed by atoms with Crippen LogP contribution < -0.4 is 10.6 Å². The van der Waals surface area contributed by atoms with Crippen molar-refractivity contribution in [1.82, 2.24) is 20.7 Å². The van der Waals surface area contributed by atoms with Crippen LogP contribution >= 0.6 is 0 Å². The number of amides is 4. The molecule has 0 aliphatic carbocycles. The Morgan fingerprint density at radius 1 is 0.927 bits per heavy atom. The Bertz CT molecular complexity index is 1270. The Hall–Kier alpha value is -4.25. The maximum absolute atomic E-state index is 13.7. The molecular weight excluding hydrogens is 528 g/mol. The second kappa shape index (κ2) is 12.9. The Morgan fingerprint density at radius 3 is 2.37 bits per heavy atom. The highest BCUT2D eigenvalue weighted by Gasteiger charge is 2.46. The van der Waals surface area contributed by atoms with Crippen molar-refractivity contribution in [3.05, 3.63) is 71.8 Å². The molecule has 0 saturated carbocycles. The average Bonchev–Trinajstić information content (AvgIpc) is 3.29. The van der Waals surface area contributed by atoms with Gasteiger partial charge in [0.2, 0.25) is 24.0 Å². The van der Waals surface area contributed by atoms with E-state index in [-0.39, 0.29) is 44.1 Å². The number of ether oxygens (including phenoxy) is 2. The zero-order valence-corrected chi connectivity index (χ0v) is 22.7. The molecule has 3 aliphatic rings. The van der Waals surface area contributed by atoms with Crippen LogP contribution in [0.1, 0.15) is 49.7 Å². The van der Waals surface area contributed by atoms with Crippen molar-refractivity contribution in [2.24, 2.45) is 0 Å². The monoisotopic (exact) mass is 562 g/mol. The van der Waals surface area contributed by atoms with Gasteiger partial charge in [0.05, 0.1) is 13.0 Å². The Labute approximate surface area is 238 Å². The minimum absolute atomic E-state index is 0.0700. The number of cyclic esters (lactones) is 1. The highest BCUT2D eigenvalue weighted by Crippen LogP contribution is 2.26. The van der Waals surface area contributed by atoms with Crippen molar-refractivity contribution in [3.63, 3.8) is 0 Å². The summed E-state index contributed by atoms with van der Waals surface area (Å²) in [5, 5.41) is 8.13. The summed E-state index contributed by atoms with van der Waals surface area (Å²) in [6, 6.07) is 16.3. The SMILES string of the molecule is O=C(CCc1ccccc1)NC1CCC(=O)N2CCCC(C(=O)NC3CC(=O)OC3OCc3ccccc3)N2C1=O.